The van der Waals surface area contributed by atoms with Crippen LogP contribution in [-0.4, -0.2) is 75.9 Å². The Morgan fingerprint density at radius 3 is 2.62 bits per heavy atom. The van der Waals surface area contributed by atoms with Crippen LogP contribution in [0.3, 0.4) is 0 Å². The SMILES string of the molecule is CC(=O)NCCN(C(=O)CN1CSCC1=O)C(C)C(=O)O. The first-order valence-electron chi connectivity index (χ1n) is 6.45. The Bertz CT molecular complexity index is 443. The van der Waals surface area contributed by atoms with Crippen LogP contribution in [0.15, 0.2) is 0 Å². The van der Waals surface area contributed by atoms with Crippen LogP contribution in [0.4, 0.5) is 0 Å². The number of rotatable bonds is 7. The Morgan fingerprint density at radius 2 is 2.14 bits per heavy atom. The van der Waals surface area contributed by atoms with E-state index in [2.05, 4.69) is 5.32 Å². The van der Waals surface area contributed by atoms with Gasteiger partial charge in [0.05, 0.1) is 11.6 Å². The average molecular weight is 317 g/mol. The van der Waals surface area contributed by atoms with Gasteiger partial charge in [-0.25, -0.2) is 4.79 Å². The maximum atomic E-state index is 12.2. The van der Waals surface area contributed by atoms with Gasteiger partial charge in [0.25, 0.3) is 0 Å². The fraction of sp³-hybridized carbons (Fsp3) is 0.667. The van der Waals surface area contributed by atoms with Crippen molar-refractivity contribution in [2.24, 2.45) is 0 Å². The van der Waals surface area contributed by atoms with Crippen molar-refractivity contribution in [3.8, 4) is 0 Å². The molecule has 2 N–H and O–H groups in total. The van der Waals surface area contributed by atoms with Crippen LogP contribution in [0, 0.1) is 0 Å². The molecule has 8 nitrogen and oxygen atoms in total. The minimum atomic E-state index is -1.13. The van der Waals surface area contributed by atoms with Crippen molar-refractivity contribution in [3.63, 3.8) is 0 Å². The molecule has 0 radical (unpaired) electrons. The van der Waals surface area contributed by atoms with Gasteiger partial charge in [-0.15, -0.1) is 11.8 Å². The lowest BCUT2D eigenvalue weighted by molar-refractivity contribution is -0.150. The highest BCUT2D eigenvalue weighted by molar-refractivity contribution is 8.00. The number of nitrogens with one attached hydrogen (secondary N) is 1. The van der Waals surface area contributed by atoms with Gasteiger partial charge in [-0.3, -0.25) is 14.4 Å². The molecule has 1 fully saturated rings. The second kappa shape index (κ2) is 7.87. The number of carbonyl (C=O) groups is 4. The smallest absolute Gasteiger partial charge is 0.326 e. The number of amides is 3. The zero-order valence-electron chi connectivity index (χ0n) is 12.0. The minimum Gasteiger partial charge on any atom is -0.480 e. The van der Waals surface area contributed by atoms with Crippen molar-refractivity contribution >= 4 is 35.5 Å². The summed E-state index contributed by atoms with van der Waals surface area (Å²) in [5, 5.41) is 11.6. The first-order chi connectivity index (χ1) is 9.82. The van der Waals surface area contributed by atoms with E-state index in [9.17, 15) is 19.2 Å². The maximum Gasteiger partial charge on any atom is 0.326 e. The molecule has 1 heterocycles. The Labute approximate surface area is 126 Å². The molecule has 0 aromatic heterocycles. The van der Waals surface area contributed by atoms with E-state index in [0.717, 1.165) is 4.90 Å². The molecule has 3 amide bonds. The van der Waals surface area contributed by atoms with Crippen LogP contribution in [-0.2, 0) is 19.2 Å². The van der Waals surface area contributed by atoms with Crippen molar-refractivity contribution in [1.29, 1.82) is 0 Å². The highest BCUT2D eigenvalue weighted by atomic mass is 32.2. The summed E-state index contributed by atoms with van der Waals surface area (Å²) in [5.41, 5.74) is 0. The van der Waals surface area contributed by atoms with Crippen molar-refractivity contribution in [3.05, 3.63) is 0 Å². The first kappa shape index (κ1) is 17.3. The van der Waals surface area contributed by atoms with Crippen molar-refractivity contribution in [1.82, 2.24) is 15.1 Å². The molecule has 0 bridgehead atoms. The van der Waals surface area contributed by atoms with Gasteiger partial charge in [-0.2, -0.15) is 0 Å². The molecule has 1 rings (SSSR count). The number of nitrogens with zero attached hydrogens (tertiary/aromatic N) is 2. The molecule has 1 aliphatic rings. The van der Waals surface area contributed by atoms with Gasteiger partial charge >= 0.3 is 5.97 Å². The monoisotopic (exact) mass is 317 g/mol. The van der Waals surface area contributed by atoms with E-state index in [0.29, 0.717) is 11.6 Å². The Morgan fingerprint density at radius 1 is 1.48 bits per heavy atom. The van der Waals surface area contributed by atoms with Crippen LogP contribution >= 0.6 is 11.8 Å². The molecule has 0 aromatic carbocycles. The van der Waals surface area contributed by atoms with E-state index in [1.54, 1.807) is 0 Å². The lowest BCUT2D eigenvalue weighted by Crippen LogP contribution is -2.50. The molecule has 0 saturated carbocycles. The van der Waals surface area contributed by atoms with Gasteiger partial charge in [0, 0.05) is 20.0 Å². The van der Waals surface area contributed by atoms with E-state index in [1.165, 1.54) is 30.5 Å². The lowest BCUT2D eigenvalue weighted by Gasteiger charge is -2.28. The molecule has 1 atom stereocenters. The number of aliphatic carboxylic acids is 1. The molecular formula is C12H19N3O5S. The summed E-state index contributed by atoms with van der Waals surface area (Å²) in [5.74, 6) is -1.17. The summed E-state index contributed by atoms with van der Waals surface area (Å²) in [6.45, 7) is 2.85. The van der Waals surface area contributed by atoms with Crippen LogP contribution in [0.2, 0.25) is 0 Å². The molecule has 21 heavy (non-hydrogen) atoms. The number of carboxylic acid groups (broad SMARTS) is 1. The molecular weight excluding hydrogens is 298 g/mol. The van der Waals surface area contributed by atoms with E-state index < -0.39 is 17.9 Å². The zero-order chi connectivity index (χ0) is 16.0. The van der Waals surface area contributed by atoms with Crippen LogP contribution in [0.1, 0.15) is 13.8 Å². The van der Waals surface area contributed by atoms with Gasteiger partial charge < -0.3 is 20.2 Å². The van der Waals surface area contributed by atoms with E-state index in [4.69, 9.17) is 5.11 Å². The summed E-state index contributed by atoms with van der Waals surface area (Å²) in [4.78, 5) is 48.2. The third-order valence-electron chi connectivity index (χ3n) is 3.02. The second-order valence-electron chi connectivity index (χ2n) is 4.65. The fourth-order valence-corrected chi connectivity index (χ4v) is 2.72. The van der Waals surface area contributed by atoms with E-state index in [1.807, 2.05) is 0 Å². The molecule has 9 heteroatoms. The highest BCUT2D eigenvalue weighted by Gasteiger charge is 2.29. The predicted molar refractivity (Wildman–Crippen MR) is 76.5 cm³/mol. The van der Waals surface area contributed by atoms with Crippen molar-refractivity contribution < 1.29 is 24.3 Å². The van der Waals surface area contributed by atoms with E-state index in [-0.39, 0.29) is 31.4 Å². The second-order valence-corrected chi connectivity index (χ2v) is 5.61. The maximum absolute atomic E-state index is 12.2. The Hall–Kier alpha value is -1.77. The minimum absolute atomic E-state index is 0.0844. The lowest BCUT2D eigenvalue weighted by atomic mass is 10.2. The fourth-order valence-electron chi connectivity index (χ4n) is 1.81. The summed E-state index contributed by atoms with van der Waals surface area (Å²) in [7, 11) is 0. The van der Waals surface area contributed by atoms with Crippen molar-refractivity contribution in [2.45, 2.75) is 19.9 Å². The number of carbonyl (C=O) groups excluding carboxylic acids is 3. The molecule has 1 saturated heterocycles. The molecule has 0 aliphatic carbocycles. The highest BCUT2D eigenvalue weighted by Crippen LogP contribution is 2.15. The number of hydrogen-bond acceptors (Lipinski definition) is 5. The third-order valence-corrected chi connectivity index (χ3v) is 3.97. The van der Waals surface area contributed by atoms with Crippen LogP contribution in [0.5, 0.6) is 0 Å². The van der Waals surface area contributed by atoms with Gasteiger partial charge in [-0.1, -0.05) is 0 Å². The van der Waals surface area contributed by atoms with E-state index >= 15 is 0 Å². The first-order valence-corrected chi connectivity index (χ1v) is 7.60. The standard InChI is InChI=1S/C12H19N3O5S/c1-8(12(19)20)15(4-3-13-9(2)16)10(17)5-14-7-21-6-11(14)18/h8H,3-7H2,1-2H3,(H,13,16)(H,19,20). The summed E-state index contributed by atoms with van der Waals surface area (Å²) < 4.78 is 0. The molecule has 1 aliphatic heterocycles. The molecule has 118 valence electrons. The molecule has 0 aromatic rings. The Kier molecular flexibility index (Phi) is 6.47. The average Bonchev–Trinajstić information content (AvgIpc) is 2.79. The van der Waals surface area contributed by atoms with Crippen molar-refractivity contribution in [2.75, 3.05) is 31.3 Å². The van der Waals surface area contributed by atoms with Gasteiger partial charge in [0.15, 0.2) is 0 Å². The topological polar surface area (TPSA) is 107 Å². The summed E-state index contributed by atoms with van der Waals surface area (Å²) >= 11 is 1.41. The largest absolute Gasteiger partial charge is 0.480 e. The van der Waals surface area contributed by atoms with Gasteiger partial charge in [-0.05, 0) is 6.92 Å². The molecule has 1 unspecified atom stereocenters. The summed E-state index contributed by atoms with van der Waals surface area (Å²) in [6, 6.07) is -1.02. The summed E-state index contributed by atoms with van der Waals surface area (Å²) in [6.07, 6.45) is 0. The van der Waals surface area contributed by atoms with Crippen LogP contribution < -0.4 is 5.32 Å². The number of carboxylic acids is 1. The Balaban J connectivity index is 2.65. The quantitative estimate of drug-likeness (QED) is 0.621. The normalized spacial score (nSPS) is 15.7. The van der Waals surface area contributed by atoms with Crippen LogP contribution in [0.25, 0.3) is 0 Å². The third kappa shape index (κ3) is 5.25. The molecule has 0 spiro atoms. The zero-order valence-corrected chi connectivity index (χ0v) is 12.8. The number of hydrogen-bond donors (Lipinski definition) is 2. The number of thioether (sulfide) groups is 1. The van der Waals surface area contributed by atoms with Gasteiger partial charge in [0.2, 0.25) is 17.7 Å². The predicted octanol–water partition coefficient (Wildman–Crippen LogP) is -1.04. The van der Waals surface area contributed by atoms with Gasteiger partial charge in [0.1, 0.15) is 12.6 Å².